The van der Waals surface area contributed by atoms with Crippen molar-refractivity contribution in [2.45, 2.75) is 27.4 Å². The molecular formula is C27H25BrN2O3S. The number of thioether (sulfide) groups is 1. The molecule has 1 N–H and O–H groups in total. The van der Waals surface area contributed by atoms with E-state index in [0.29, 0.717) is 34.8 Å². The van der Waals surface area contributed by atoms with Gasteiger partial charge in [-0.25, -0.2) is 4.99 Å². The van der Waals surface area contributed by atoms with Crippen molar-refractivity contribution in [3.63, 3.8) is 0 Å². The van der Waals surface area contributed by atoms with Crippen LogP contribution in [0.3, 0.4) is 0 Å². The number of nitrogens with one attached hydrogen (secondary N) is 1. The van der Waals surface area contributed by atoms with Crippen molar-refractivity contribution in [2.75, 3.05) is 6.61 Å². The molecule has 3 aromatic carbocycles. The molecule has 1 amide bonds. The van der Waals surface area contributed by atoms with Crippen LogP contribution in [-0.2, 0) is 11.4 Å². The Kier molecular flexibility index (Phi) is 7.75. The van der Waals surface area contributed by atoms with Gasteiger partial charge >= 0.3 is 0 Å². The highest BCUT2D eigenvalue weighted by atomic mass is 79.9. The molecule has 34 heavy (non-hydrogen) atoms. The number of benzene rings is 3. The van der Waals surface area contributed by atoms with Crippen molar-refractivity contribution in [3.8, 4) is 11.5 Å². The van der Waals surface area contributed by atoms with Gasteiger partial charge in [0.25, 0.3) is 5.91 Å². The summed E-state index contributed by atoms with van der Waals surface area (Å²) < 4.78 is 12.7. The molecule has 1 aliphatic rings. The summed E-state index contributed by atoms with van der Waals surface area (Å²) in [6.07, 6.45) is 1.83. The maximum absolute atomic E-state index is 12.5. The molecule has 0 spiro atoms. The van der Waals surface area contributed by atoms with E-state index in [4.69, 9.17) is 9.47 Å². The van der Waals surface area contributed by atoms with Gasteiger partial charge in [-0.15, -0.1) is 0 Å². The van der Waals surface area contributed by atoms with Crippen LogP contribution in [-0.4, -0.2) is 17.7 Å². The predicted octanol–water partition coefficient (Wildman–Crippen LogP) is 6.94. The number of amides is 1. The molecule has 1 aliphatic heterocycles. The quantitative estimate of drug-likeness (QED) is 0.332. The van der Waals surface area contributed by atoms with E-state index < -0.39 is 0 Å². The van der Waals surface area contributed by atoms with Crippen LogP contribution in [0.4, 0.5) is 5.69 Å². The molecule has 0 unspecified atom stereocenters. The molecule has 0 saturated carbocycles. The Hall–Kier alpha value is -3.03. The lowest BCUT2D eigenvalue weighted by atomic mass is 10.1. The lowest BCUT2D eigenvalue weighted by Crippen LogP contribution is -2.19. The van der Waals surface area contributed by atoms with Crippen LogP contribution in [0.15, 0.2) is 75.0 Å². The van der Waals surface area contributed by atoms with Gasteiger partial charge in [-0.05, 0) is 89.9 Å². The third kappa shape index (κ3) is 6.10. The molecule has 7 heteroatoms. The topological polar surface area (TPSA) is 59.9 Å². The second kappa shape index (κ2) is 10.9. The molecule has 5 nitrogen and oxygen atoms in total. The summed E-state index contributed by atoms with van der Waals surface area (Å²) in [5.74, 6) is 1.08. The van der Waals surface area contributed by atoms with Crippen molar-refractivity contribution < 1.29 is 14.3 Å². The minimum Gasteiger partial charge on any atom is -0.490 e. The van der Waals surface area contributed by atoms with E-state index in [1.807, 2.05) is 68.5 Å². The highest BCUT2D eigenvalue weighted by Crippen LogP contribution is 2.39. The Morgan fingerprint density at radius 2 is 1.68 bits per heavy atom. The number of ether oxygens (including phenoxy) is 2. The van der Waals surface area contributed by atoms with Crippen LogP contribution < -0.4 is 14.8 Å². The largest absolute Gasteiger partial charge is 0.490 e. The summed E-state index contributed by atoms with van der Waals surface area (Å²) in [6, 6.07) is 19.9. The van der Waals surface area contributed by atoms with Crippen LogP contribution in [0.5, 0.6) is 11.5 Å². The predicted molar refractivity (Wildman–Crippen MR) is 143 cm³/mol. The van der Waals surface area contributed by atoms with Crippen molar-refractivity contribution in [1.29, 1.82) is 0 Å². The van der Waals surface area contributed by atoms with Crippen molar-refractivity contribution in [3.05, 3.63) is 92.3 Å². The number of aryl methyl sites for hydroxylation is 2. The monoisotopic (exact) mass is 536 g/mol. The van der Waals surface area contributed by atoms with E-state index in [0.717, 1.165) is 26.9 Å². The molecule has 1 fully saturated rings. The van der Waals surface area contributed by atoms with Gasteiger partial charge in [-0.3, -0.25) is 4.79 Å². The minimum absolute atomic E-state index is 0.176. The number of amidine groups is 1. The van der Waals surface area contributed by atoms with E-state index >= 15 is 0 Å². The van der Waals surface area contributed by atoms with Crippen molar-refractivity contribution in [1.82, 2.24) is 5.32 Å². The van der Waals surface area contributed by atoms with Gasteiger partial charge in [0.05, 0.1) is 21.7 Å². The average Bonchev–Trinajstić information content (AvgIpc) is 3.14. The fourth-order valence-corrected chi connectivity index (χ4v) is 4.70. The van der Waals surface area contributed by atoms with Crippen LogP contribution in [0, 0.1) is 13.8 Å². The Bertz CT molecular complexity index is 1250. The Labute approximate surface area is 212 Å². The van der Waals surface area contributed by atoms with E-state index in [1.165, 1.54) is 17.3 Å². The third-order valence-corrected chi connectivity index (χ3v) is 6.55. The number of hydrogen-bond acceptors (Lipinski definition) is 5. The summed E-state index contributed by atoms with van der Waals surface area (Å²) in [6.45, 7) is 6.93. The van der Waals surface area contributed by atoms with Gasteiger partial charge in [-0.2, -0.15) is 0 Å². The Balaban J connectivity index is 1.54. The van der Waals surface area contributed by atoms with E-state index in [-0.39, 0.29) is 5.91 Å². The molecule has 0 aliphatic carbocycles. The number of nitrogens with zero attached hydrogens (tertiary/aromatic N) is 1. The number of carbonyl (C=O) groups excluding carboxylic acids is 1. The summed E-state index contributed by atoms with van der Waals surface area (Å²) >= 11 is 4.93. The zero-order valence-corrected chi connectivity index (χ0v) is 21.6. The van der Waals surface area contributed by atoms with Gasteiger partial charge in [0.15, 0.2) is 16.7 Å². The number of rotatable bonds is 7. The fourth-order valence-electron chi connectivity index (χ4n) is 3.28. The molecule has 174 valence electrons. The number of hydrogen-bond donors (Lipinski definition) is 1. The molecule has 0 radical (unpaired) electrons. The highest BCUT2D eigenvalue weighted by molar-refractivity contribution is 9.10. The first kappa shape index (κ1) is 24.1. The van der Waals surface area contributed by atoms with Gasteiger partial charge in [-0.1, -0.05) is 47.5 Å². The lowest BCUT2D eigenvalue weighted by molar-refractivity contribution is -0.115. The Morgan fingerprint density at radius 1 is 1.00 bits per heavy atom. The summed E-state index contributed by atoms with van der Waals surface area (Å²) in [5, 5.41) is 3.39. The van der Waals surface area contributed by atoms with Gasteiger partial charge in [0.2, 0.25) is 0 Å². The fraction of sp³-hybridized carbons (Fsp3) is 0.185. The molecule has 1 saturated heterocycles. The first-order chi connectivity index (χ1) is 16.4. The molecule has 1 heterocycles. The Morgan fingerprint density at radius 3 is 2.35 bits per heavy atom. The standard InChI is InChI=1S/C27H25BrN2O3S/c1-4-32-23-14-20(13-22(28)25(23)33-16-19-9-5-17(2)6-10-19)15-24-26(31)30-27(34-24)29-21-11-7-18(3)8-12-21/h5-15H,4,16H2,1-3H3,(H,29,30,31)/b24-15-. The van der Waals surface area contributed by atoms with Gasteiger partial charge in [0.1, 0.15) is 6.61 Å². The zero-order chi connectivity index (χ0) is 24.1. The second-order valence-corrected chi connectivity index (χ2v) is 9.74. The first-order valence-corrected chi connectivity index (χ1v) is 12.5. The van der Waals surface area contributed by atoms with E-state index in [2.05, 4.69) is 45.3 Å². The van der Waals surface area contributed by atoms with Crippen LogP contribution in [0.25, 0.3) is 6.08 Å². The van der Waals surface area contributed by atoms with Crippen LogP contribution in [0.1, 0.15) is 29.2 Å². The molecule has 3 aromatic rings. The lowest BCUT2D eigenvalue weighted by Gasteiger charge is -2.15. The first-order valence-electron chi connectivity index (χ1n) is 10.9. The van der Waals surface area contributed by atoms with E-state index in [9.17, 15) is 4.79 Å². The zero-order valence-electron chi connectivity index (χ0n) is 19.2. The van der Waals surface area contributed by atoms with Gasteiger partial charge in [0, 0.05) is 0 Å². The smallest absolute Gasteiger partial charge is 0.264 e. The van der Waals surface area contributed by atoms with Gasteiger partial charge < -0.3 is 14.8 Å². The van der Waals surface area contributed by atoms with Crippen molar-refractivity contribution in [2.24, 2.45) is 4.99 Å². The summed E-state index contributed by atoms with van der Waals surface area (Å²) in [4.78, 5) is 17.6. The molecule has 0 atom stereocenters. The normalized spacial score (nSPS) is 15.6. The molecular weight excluding hydrogens is 512 g/mol. The number of carbonyl (C=O) groups is 1. The number of halogens is 1. The highest BCUT2D eigenvalue weighted by Gasteiger charge is 2.24. The van der Waals surface area contributed by atoms with E-state index in [1.54, 1.807) is 0 Å². The maximum Gasteiger partial charge on any atom is 0.264 e. The molecule has 0 aromatic heterocycles. The van der Waals surface area contributed by atoms with Crippen LogP contribution >= 0.6 is 27.7 Å². The maximum atomic E-state index is 12.5. The third-order valence-electron chi connectivity index (χ3n) is 5.05. The second-order valence-electron chi connectivity index (χ2n) is 7.85. The SMILES string of the molecule is CCOc1cc(/C=C2\SC(=Nc3ccc(C)cc3)NC2=O)cc(Br)c1OCc1ccc(C)cc1. The van der Waals surface area contributed by atoms with Crippen molar-refractivity contribution >= 4 is 50.5 Å². The minimum atomic E-state index is -0.176. The number of aliphatic imine (C=N–C) groups is 1. The summed E-state index contributed by atoms with van der Waals surface area (Å²) in [5.41, 5.74) is 5.07. The molecule has 4 rings (SSSR count). The van der Waals surface area contributed by atoms with Crippen LogP contribution in [0.2, 0.25) is 0 Å². The molecule has 0 bridgehead atoms. The average molecular weight is 537 g/mol. The summed E-state index contributed by atoms with van der Waals surface area (Å²) in [7, 11) is 0.